The molecule has 0 spiro atoms. The van der Waals surface area contributed by atoms with E-state index >= 15 is 4.39 Å². The van der Waals surface area contributed by atoms with E-state index in [-0.39, 0.29) is 17.1 Å². The minimum atomic E-state index is -0.972. The molecule has 2 aliphatic rings. The second-order valence-corrected chi connectivity index (χ2v) is 12.4. The minimum absolute atomic E-state index is 0.0631. The zero-order chi connectivity index (χ0) is 29.5. The van der Waals surface area contributed by atoms with Crippen LogP contribution >= 0.6 is 0 Å². The van der Waals surface area contributed by atoms with Crippen LogP contribution in [0.2, 0.25) is 0 Å². The number of benzene rings is 3. The molecule has 0 aromatic heterocycles. The van der Waals surface area contributed by atoms with E-state index < -0.39 is 11.6 Å². The highest BCUT2D eigenvalue weighted by molar-refractivity contribution is 5.71. The van der Waals surface area contributed by atoms with Gasteiger partial charge in [0.05, 0.1) is 6.61 Å². The van der Waals surface area contributed by atoms with Crippen molar-refractivity contribution < 1.29 is 17.9 Å². The molecule has 2 aliphatic carbocycles. The molecule has 0 heterocycles. The third-order valence-electron chi connectivity index (χ3n) is 9.74. The lowest BCUT2D eigenvalue weighted by molar-refractivity contribution is 0.171. The molecule has 42 heavy (non-hydrogen) atoms. The number of ether oxygens (including phenoxy) is 1. The molecule has 1 nitrogen and oxygen atoms in total. The molecular formula is C38H45F3O. The highest BCUT2D eigenvalue weighted by atomic mass is 19.2. The van der Waals surface area contributed by atoms with E-state index in [2.05, 4.69) is 32.1 Å². The highest BCUT2D eigenvalue weighted by Gasteiger charge is 2.31. The zero-order valence-electron chi connectivity index (χ0n) is 25.2. The summed E-state index contributed by atoms with van der Waals surface area (Å²) >= 11 is 0. The van der Waals surface area contributed by atoms with Crippen LogP contribution in [0.3, 0.4) is 0 Å². The van der Waals surface area contributed by atoms with Gasteiger partial charge in [-0.3, -0.25) is 0 Å². The molecule has 0 saturated heterocycles. The van der Waals surface area contributed by atoms with Crippen molar-refractivity contribution in [1.82, 2.24) is 0 Å². The Hall–Kier alpha value is -3.01. The molecule has 0 atom stereocenters. The summed E-state index contributed by atoms with van der Waals surface area (Å²) in [5.74, 6) is 0.685. The fraction of sp³-hybridized carbons (Fsp3) is 0.474. The van der Waals surface area contributed by atoms with Crippen LogP contribution < -0.4 is 4.74 Å². The first-order valence-electron chi connectivity index (χ1n) is 16.1. The van der Waals surface area contributed by atoms with E-state index in [9.17, 15) is 8.78 Å². The van der Waals surface area contributed by atoms with Crippen molar-refractivity contribution >= 4 is 0 Å². The maximum Gasteiger partial charge on any atom is 0.201 e. The molecule has 224 valence electrons. The normalized spacial score (nSPS) is 22.9. The molecule has 5 rings (SSSR count). The smallest absolute Gasteiger partial charge is 0.201 e. The number of rotatable bonds is 10. The van der Waals surface area contributed by atoms with Crippen molar-refractivity contribution in [2.45, 2.75) is 90.4 Å². The van der Waals surface area contributed by atoms with Crippen molar-refractivity contribution in [3.05, 3.63) is 89.8 Å². The van der Waals surface area contributed by atoms with E-state index in [0.29, 0.717) is 23.7 Å². The summed E-state index contributed by atoms with van der Waals surface area (Å²) in [5, 5.41) is 0. The Morgan fingerprint density at radius 1 is 0.714 bits per heavy atom. The number of halogens is 3. The van der Waals surface area contributed by atoms with Gasteiger partial charge >= 0.3 is 0 Å². The molecule has 4 heteroatoms. The Morgan fingerprint density at radius 2 is 1.33 bits per heavy atom. The van der Waals surface area contributed by atoms with Crippen molar-refractivity contribution in [3.8, 4) is 28.0 Å². The molecule has 0 unspecified atom stereocenters. The molecule has 3 aromatic carbocycles. The van der Waals surface area contributed by atoms with E-state index in [4.69, 9.17) is 4.74 Å². The molecule has 3 aromatic rings. The Labute approximate surface area is 250 Å². The van der Waals surface area contributed by atoms with Gasteiger partial charge in [-0.15, -0.1) is 0 Å². The predicted molar refractivity (Wildman–Crippen MR) is 167 cm³/mol. The molecule has 2 fully saturated rings. The third kappa shape index (κ3) is 7.13. The van der Waals surface area contributed by atoms with Crippen LogP contribution in [0.15, 0.2) is 66.7 Å². The van der Waals surface area contributed by atoms with Crippen LogP contribution in [0.5, 0.6) is 5.75 Å². The third-order valence-corrected chi connectivity index (χ3v) is 9.74. The molecule has 0 radical (unpaired) electrons. The first-order chi connectivity index (χ1) is 20.5. The van der Waals surface area contributed by atoms with E-state index in [1.165, 1.54) is 44.6 Å². The van der Waals surface area contributed by atoms with Gasteiger partial charge in [0.15, 0.2) is 11.6 Å². The van der Waals surface area contributed by atoms with E-state index in [1.807, 2.05) is 6.07 Å². The SMILES string of the molecule is C/C=C/C1CCC(C2CCC(c3ccc(-c4ccc(-c5ccc(OCCCCC)c(F)c5F)cc4)c(F)c3)CC2)CC1. The summed E-state index contributed by atoms with van der Waals surface area (Å²) in [7, 11) is 0. The van der Waals surface area contributed by atoms with Gasteiger partial charge in [-0.1, -0.05) is 68.3 Å². The van der Waals surface area contributed by atoms with Gasteiger partial charge in [-0.05, 0) is 123 Å². The van der Waals surface area contributed by atoms with Gasteiger partial charge in [-0.25, -0.2) is 8.78 Å². The lowest BCUT2D eigenvalue weighted by atomic mass is 9.68. The maximum absolute atomic E-state index is 15.4. The standard InChI is InChI=1S/C38H45F3O/c1-3-5-6-24-42-36-23-22-34(37(40)38(36)41)31-18-16-30(17-19-31)33-21-20-32(25-35(33)39)29-14-12-28(13-15-29)27-10-8-26(7-4-2)9-11-27/h4,7,16-23,25-29H,3,5-6,8-15,24H2,1-2H3/b7-4+. The van der Waals surface area contributed by atoms with Gasteiger partial charge in [0.25, 0.3) is 0 Å². The second-order valence-electron chi connectivity index (χ2n) is 12.4. The minimum Gasteiger partial charge on any atom is -0.490 e. The summed E-state index contributed by atoms with van der Waals surface area (Å²) in [6.07, 6.45) is 17.5. The van der Waals surface area contributed by atoms with Gasteiger partial charge in [-0.2, -0.15) is 4.39 Å². The monoisotopic (exact) mass is 574 g/mol. The summed E-state index contributed by atoms with van der Waals surface area (Å²) in [6.45, 7) is 4.56. The van der Waals surface area contributed by atoms with Gasteiger partial charge in [0.1, 0.15) is 5.82 Å². The Balaban J connectivity index is 1.20. The fourth-order valence-corrected chi connectivity index (χ4v) is 7.25. The second kappa shape index (κ2) is 14.4. The van der Waals surface area contributed by atoms with Crippen molar-refractivity contribution in [1.29, 1.82) is 0 Å². The fourth-order valence-electron chi connectivity index (χ4n) is 7.25. The first kappa shape index (κ1) is 30.4. The Morgan fingerprint density at radius 3 is 1.95 bits per heavy atom. The summed E-state index contributed by atoms with van der Waals surface area (Å²) in [4.78, 5) is 0. The average molecular weight is 575 g/mol. The maximum atomic E-state index is 15.4. The molecule has 0 aliphatic heterocycles. The van der Waals surface area contributed by atoms with Crippen LogP contribution in [-0.2, 0) is 0 Å². The number of hydrogen-bond acceptors (Lipinski definition) is 1. The van der Waals surface area contributed by atoms with Crippen LogP contribution in [0.4, 0.5) is 13.2 Å². The summed E-state index contributed by atoms with van der Waals surface area (Å²) in [5.41, 5.74) is 3.04. The Kier molecular flexibility index (Phi) is 10.5. The van der Waals surface area contributed by atoms with E-state index in [0.717, 1.165) is 61.0 Å². The largest absolute Gasteiger partial charge is 0.490 e. The van der Waals surface area contributed by atoms with Crippen LogP contribution in [0, 0.1) is 35.2 Å². The topological polar surface area (TPSA) is 9.23 Å². The number of unbranched alkanes of at least 4 members (excludes halogenated alkanes) is 2. The van der Waals surface area contributed by atoms with Gasteiger partial charge in [0, 0.05) is 11.1 Å². The van der Waals surface area contributed by atoms with Crippen molar-refractivity contribution in [2.24, 2.45) is 17.8 Å². The predicted octanol–water partition coefficient (Wildman–Crippen LogP) is 11.7. The molecule has 0 amide bonds. The van der Waals surface area contributed by atoms with Crippen LogP contribution in [0.25, 0.3) is 22.3 Å². The quantitative estimate of drug-likeness (QED) is 0.173. The van der Waals surface area contributed by atoms with Crippen molar-refractivity contribution in [2.75, 3.05) is 6.61 Å². The number of allylic oxidation sites excluding steroid dienone is 2. The lowest BCUT2D eigenvalue weighted by Gasteiger charge is -2.37. The molecular weight excluding hydrogens is 529 g/mol. The van der Waals surface area contributed by atoms with Crippen LogP contribution in [-0.4, -0.2) is 6.61 Å². The molecule has 0 bridgehead atoms. The van der Waals surface area contributed by atoms with Crippen molar-refractivity contribution in [3.63, 3.8) is 0 Å². The molecule has 2 saturated carbocycles. The molecule has 0 N–H and O–H groups in total. The van der Waals surface area contributed by atoms with Crippen LogP contribution in [0.1, 0.15) is 96.0 Å². The average Bonchev–Trinajstić information content (AvgIpc) is 3.02. The van der Waals surface area contributed by atoms with Gasteiger partial charge in [0.2, 0.25) is 5.82 Å². The summed E-state index contributed by atoms with van der Waals surface area (Å²) < 4.78 is 50.3. The lowest BCUT2D eigenvalue weighted by Crippen LogP contribution is -2.25. The Bertz CT molecular complexity index is 1330. The zero-order valence-corrected chi connectivity index (χ0v) is 25.2. The van der Waals surface area contributed by atoms with Gasteiger partial charge < -0.3 is 4.74 Å². The van der Waals surface area contributed by atoms with E-state index in [1.54, 1.807) is 36.4 Å². The first-order valence-corrected chi connectivity index (χ1v) is 16.1. The highest BCUT2D eigenvalue weighted by Crippen LogP contribution is 2.44. The summed E-state index contributed by atoms with van der Waals surface area (Å²) in [6, 6.07) is 15.7. The number of hydrogen-bond donors (Lipinski definition) is 0.